The average molecular weight is 483 g/mol. The number of hydrogen-bond acceptors (Lipinski definition) is 7. The first-order chi connectivity index (χ1) is 16.3. The second-order valence-corrected chi connectivity index (χ2v) is 8.62. The maximum absolute atomic E-state index is 12.7. The van der Waals surface area contributed by atoms with E-state index in [0.717, 1.165) is 5.75 Å². The van der Waals surface area contributed by atoms with E-state index in [1.165, 1.54) is 23.9 Å². The lowest BCUT2D eigenvalue weighted by Gasteiger charge is -2.17. The third-order valence-electron chi connectivity index (χ3n) is 4.84. The third kappa shape index (κ3) is 6.16. The Morgan fingerprint density at radius 1 is 1.12 bits per heavy atom. The topological polar surface area (TPSA) is 116 Å². The van der Waals surface area contributed by atoms with Gasteiger partial charge in [-0.3, -0.25) is 9.36 Å². The zero-order valence-electron chi connectivity index (χ0n) is 19.1. The lowest BCUT2D eigenvalue weighted by atomic mass is 10.2. The minimum absolute atomic E-state index is 0.149. The number of nitrogens with zero attached hydrogens (tertiary/aromatic N) is 3. The SMILES string of the molecule is C=CCn1c(SC(C)C(=O)Nc2ccc(C(=O)O)cc2)nnc1C(C)Oc1ccc(OC)cc1. The van der Waals surface area contributed by atoms with Crippen molar-refractivity contribution in [1.29, 1.82) is 0 Å². The zero-order valence-corrected chi connectivity index (χ0v) is 19.9. The molecule has 0 radical (unpaired) electrons. The van der Waals surface area contributed by atoms with Crippen molar-refractivity contribution in [3.05, 3.63) is 72.6 Å². The van der Waals surface area contributed by atoms with Crippen molar-refractivity contribution in [2.75, 3.05) is 12.4 Å². The van der Waals surface area contributed by atoms with Crippen LogP contribution in [0.1, 0.15) is 36.1 Å². The molecule has 0 saturated carbocycles. The summed E-state index contributed by atoms with van der Waals surface area (Å²) in [6.07, 6.45) is 1.33. The fourth-order valence-electron chi connectivity index (χ4n) is 3.05. The number of carboxylic acid groups (broad SMARTS) is 1. The van der Waals surface area contributed by atoms with E-state index in [-0.39, 0.29) is 11.5 Å². The van der Waals surface area contributed by atoms with E-state index in [1.54, 1.807) is 32.2 Å². The molecule has 0 fully saturated rings. The Hall–Kier alpha value is -3.79. The number of methoxy groups -OCH3 is 1. The Kier molecular flexibility index (Phi) is 8.31. The number of nitrogens with one attached hydrogen (secondary N) is 1. The largest absolute Gasteiger partial charge is 0.497 e. The maximum atomic E-state index is 12.7. The number of benzene rings is 2. The first-order valence-electron chi connectivity index (χ1n) is 10.5. The van der Waals surface area contributed by atoms with Crippen LogP contribution < -0.4 is 14.8 Å². The Labute approximate surface area is 201 Å². The second-order valence-electron chi connectivity index (χ2n) is 7.31. The van der Waals surface area contributed by atoms with Crippen LogP contribution in [-0.4, -0.2) is 44.1 Å². The van der Waals surface area contributed by atoms with Gasteiger partial charge in [0.1, 0.15) is 11.5 Å². The van der Waals surface area contributed by atoms with Crippen molar-refractivity contribution >= 4 is 29.3 Å². The molecule has 0 bridgehead atoms. The fourth-order valence-corrected chi connectivity index (χ4v) is 3.92. The molecule has 2 unspecified atom stereocenters. The van der Waals surface area contributed by atoms with Gasteiger partial charge in [0.2, 0.25) is 5.91 Å². The van der Waals surface area contributed by atoms with Crippen LogP contribution in [0.2, 0.25) is 0 Å². The van der Waals surface area contributed by atoms with E-state index in [1.807, 2.05) is 35.8 Å². The highest BCUT2D eigenvalue weighted by Gasteiger charge is 2.23. The van der Waals surface area contributed by atoms with Gasteiger partial charge in [0, 0.05) is 12.2 Å². The quantitative estimate of drug-likeness (QED) is 0.305. The van der Waals surface area contributed by atoms with Crippen molar-refractivity contribution in [2.45, 2.75) is 36.9 Å². The summed E-state index contributed by atoms with van der Waals surface area (Å²) < 4.78 is 13.0. The fraction of sp³-hybridized carbons (Fsp3) is 0.250. The molecule has 3 rings (SSSR count). The second kappa shape index (κ2) is 11.4. The van der Waals surface area contributed by atoms with E-state index in [2.05, 4.69) is 22.1 Å². The molecule has 0 aliphatic carbocycles. The van der Waals surface area contributed by atoms with Crippen LogP contribution in [0.25, 0.3) is 0 Å². The van der Waals surface area contributed by atoms with Gasteiger partial charge in [-0.05, 0) is 62.4 Å². The molecule has 2 N–H and O–H groups in total. The standard InChI is InChI=1S/C24H26N4O5S/c1-5-14-28-21(15(2)33-20-12-10-19(32-4)11-13-20)26-27-24(28)34-16(3)22(29)25-18-8-6-17(7-9-18)23(30)31/h5-13,15-16H,1,14H2,2-4H3,(H,25,29)(H,30,31). The number of carbonyl (C=O) groups is 2. The first-order valence-corrected chi connectivity index (χ1v) is 11.4. The van der Waals surface area contributed by atoms with Crippen molar-refractivity contribution in [2.24, 2.45) is 0 Å². The van der Waals surface area contributed by atoms with Crippen LogP contribution >= 0.6 is 11.8 Å². The molecule has 0 saturated heterocycles. The summed E-state index contributed by atoms with van der Waals surface area (Å²) in [5, 5.41) is 20.4. The van der Waals surface area contributed by atoms with Gasteiger partial charge in [-0.1, -0.05) is 17.8 Å². The number of allylic oxidation sites excluding steroid dienone is 1. The van der Waals surface area contributed by atoms with E-state index in [0.29, 0.717) is 29.0 Å². The number of thioether (sulfide) groups is 1. The number of ether oxygens (including phenoxy) is 2. The normalized spacial score (nSPS) is 12.4. The number of amides is 1. The van der Waals surface area contributed by atoms with Gasteiger partial charge in [0.25, 0.3) is 0 Å². The van der Waals surface area contributed by atoms with Gasteiger partial charge in [0.05, 0.1) is 17.9 Å². The Morgan fingerprint density at radius 3 is 2.35 bits per heavy atom. The van der Waals surface area contributed by atoms with Crippen LogP contribution in [-0.2, 0) is 11.3 Å². The van der Waals surface area contributed by atoms with Crippen molar-refractivity contribution in [3.8, 4) is 11.5 Å². The number of rotatable bonds is 11. The van der Waals surface area contributed by atoms with Crippen LogP contribution in [0, 0.1) is 0 Å². The Bertz CT molecular complexity index is 1150. The van der Waals surface area contributed by atoms with Gasteiger partial charge in [-0.2, -0.15) is 0 Å². The van der Waals surface area contributed by atoms with Crippen molar-refractivity contribution in [1.82, 2.24) is 14.8 Å². The molecule has 2 atom stereocenters. The number of aromatic carboxylic acids is 1. The molecular weight excluding hydrogens is 456 g/mol. The highest BCUT2D eigenvalue weighted by atomic mass is 32.2. The van der Waals surface area contributed by atoms with E-state index >= 15 is 0 Å². The minimum Gasteiger partial charge on any atom is -0.497 e. The molecule has 9 nitrogen and oxygen atoms in total. The molecule has 10 heteroatoms. The average Bonchev–Trinajstić information content (AvgIpc) is 3.22. The van der Waals surface area contributed by atoms with E-state index in [9.17, 15) is 9.59 Å². The monoisotopic (exact) mass is 482 g/mol. The molecule has 1 amide bonds. The predicted octanol–water partition coefficient (Wildman–Crippen LogP) is 4.43. The van der Waals surface area contributed by atoms with Gasteiger partial charge in [0.15, 0.2) is 17.1 Å². The number of aromatic nitrogens is 3. The predicted molar refractivity (Wildman–Crippen MR) is 130 cm³/mol. The van der Waals surface area contributed by atoms with Crippen LogP contribution in [0.4, 0.5) is 5.69 Å². The van der Waals surface area contributed by atoms with Crippen LogP contribution in [0.3, 0.4) is 0 Å². The lowest BCUT2D eigenvalue weighted by molar-refractivity contribution is -0.115. The molecule has 34 heavy (non-hydrogen) atoms. The Morgan fingerprint density at radius 2 is 1.76 bits per heavy atom. The zero-order chi connectivity index (χ0) is 24.7. The van der Waals surface area contributed by atoms with Crippen LogP contribution in [0.5, 0.6) is 11.5 Å². The molecular formula is C24H26N4O5S. The summed E-state index contributed by atoms with van der Waals surface area (Å²) in [5.74, 6) is 0.737. The van der Waals surface area contributed by atoms with Gasteiger partial charge < -0.3 is 19.9 Å². The molecule has 0 aliphatic heterocycles. The molecule has 178 valence electrons. The molecule has 2 aromatic carbocycles. The van der Waals surface area contributed by atoms with Crippen molar-refractivity contribution < 1.29 is 24.2 Å². The summed E-state index contributed by atoms with van der Waals surface area (Å²) >= 11 is 1.26. The van der Waals surface area contributed by atoms with Crippen molar-refractivity contribution in [3.63, 3.8) is 0 Å². The highest BCUT2D eigenvalue weighted by Crippen LogP contribution is 2.28. The smallest absolute Gasteiger partial charge is 0.335 e. The molecule has 0 aliphatic rings. The molecule has 3 aromatic rings. The Balaban J connectivity index is 1.69. The van der Waals surface area contributed by atoms with Gasteiger partial charge in [-0.15, -0.1) is 16.8 Å². The molecule has 0 spiro atoms. The number of carbonyl (C=O) groups excluding carboxylic acids is 1. The summed E-state index contributed by atoms with van der Waals surface area (Å²) in [6, 6.07) is 13.2. The number of hydrogen-bond donors (Lipinski definition) is 2. The first kappa shape index (κ1) is 24.8. The number of anilines is 1. The third-order valence-corrected chi connectivity index (χ3v) is 5.92. The van der Waals surface area contributed by atoms with E-state index < -0.39 is 17.3 Å². The van der Waals surface area contributed by atoms with E-state index in [4.69, 9.17) is 14.6 Å². The summed E-state index contributed by atoms with van der Waals surface area (Å²) in [5.41, 5.74) is 0.661. The van der Waals surface area contributed by atoms with Gasteiger partial charge >= 0.3 is 5.97 Å². The minimum atomic E-state index is -1.02. The lowest BCUT2D eigenvalue weighted by Crippen LogP contribution is -2.23. The van der Waals surface area contributed by atoms with Gasteiger partial charge in [-0.25, -0.2) is 4.79 Å². The summed E-state index contributed by atoms with van der Waals surface area (Å²) in [6.45, 7) is 7.89. The summed E-state index contributed by atoms with van der Waals surface area (Å²) in [7, 11) is 1.60. The maximum Gasteiger partial charge on any atom is 0.335 e. The number of carboxylic acids is 1. The molecule has 1 aromatic heterocycles. The summed E-state index contributed by atoms with van der Waals surface area (Å²) in [4.78, 5) is 23.7. The molecule has 1 heterocycles. The highest BCUT2D eigenvalue weighted by molar-refractivity contribution is 8.00. The van der Waals surface area contributed by atoms with Crippen LogP contribution in [0.15, 0.2) is 66.3 Å².